The average Bonchev–Trinajstić information content (AvgIpc) is 3.11. The van der Waals surface area contributed by atoms with E-state index in [0.29, 0.717) is 0 Å². The molecule has 1 aliphatic rings. The van der Waals surface area contributed by atoms with Gasteiger partial charge in [-0.3, -0.25) is 4.79 Å². The van der Waals surface area contributed by atoms with Crippen molar-refractivity contribution in [1.29, 1.82) is 0 Å². The molecule has 1 saturated carbocycles. The van der Waals surface area contributed by atoms with Gasteiger partial charge in [0.1, 0.15) is 17.9 Å². The van der Waals surface area contributed by atoms with Gasteiger partial charge in [-0.15, -0.1) is 0 Å². The van der Waals surface area contributed by atoms with Gasteiger partial charge in [-0.1, -0.05) is 18.2 Å². The smallest absolute Gasteiger partial charge is 0.241 e. The monoisotopic (exact) mass is 248 g/mol. The minimum absolute atomic E-state index is 0.151. The summed E-state index contributed by atoms with van der Waals surface area (Å²) in [5.41, 5.74) is 12.5. The van der Waals surface area contributed by atoms with Crippen molar-refractivity contribution in [2.45, 2.75) is 32.2 Å². The lowest BCUT2D eigenvalue weighted by Crippen LogP contribution is -2.58. The van der Waals surface area contributed by atoms with Crippen molar-refractivity contribution in [2.24, 2.45) is 17.4 Å². The summed E-state index contributed by atoms with van der Waals surface area (Å²) >= 11 is 0. The van der Waals surface area contributed by atoms with Crippen molar-refractivity contribution in [2.75, 3.05) is 6.61 Å². The van der Waals surface area contributed by atoms with Gasteiger partial charge in [-0.2, -0.15) is 0 Å². The fourth-order valence-electron chi connectivity index (χ4n) is 2.21. The van der Waals surface area contributed by atoms with E-state index in [9.17, 15) is 4.79 Å². The topological polar surface area (TPSA) is 78.3 Å². The predicted molar refractivity (Wildman–Crippen MR) is 70.2 cm³/mol. The minimum Gasteiger partial charge on any atom is -0.491 e. The molecule has 1 unspecified atom stereocenters. The highest BCUT2D eigenvalue weighted by molar-refractivity contribution is 5.85. The summed E-state index contributed by atoms with van der Waals surface area (Å²) in [4.78, 5) is 11.5. The van der Waals surface area contributed by atoms with Gasteiger partial charge in [0.15, 0.2) is 0 Å². The number of para-hydroxylation sites is 1. The maximum atomic E-state index is 11.5. The molecule has 1 fully saturated rings. The van der Waals surface area contributed by atoms with Crippen LogP contribution in [0.15, 0.2) is 18.2 Å². The first-order valence-electron chi connectivity index (χ1n) is 6.23. The number of benzene rings is 1. The van der Waals surface area contributed by atoms with Crippen LogP contribution in [0, 0.1) is 19.8 Å². The zero-order chi connectivity index (χ0) is 13.3. The molecule has 1 aliphatic carbocycles. The number of hydrogen-bond donors (Lipinski definition) is 2. The summed E-state index contributed by atoms with van der Waals surface area (Å²) in [6, 6.07) is 5.92. The number of ether oxygens (including phenoxy) is 1. The van der Waals surface area contributed by atoms with E-state index in [1.807, 2.05) is 32.0 Å². The number of rotatable bonds is 5. The molecule has 0 heterocycles. The van der Waals surface area contributed by atoms with Gasteiger partial charge in [-0.25, -0.2) is 0 Å². The molecule has 0 aromatic heterocycles. The molecule has 4 heteroatoms. The largest absolute Gasteiger partial charge is 0.491 e. The van der Waals surface area contributed by atoms with Gasteiger partial charge in [0.25, 0.3) is 0 Å². The third-order valence-corrected chi connectivity index (χ3v) is 3.63. The number of carbonyl (C=O) groups excluding carboxylic acids is 1. The van der Waals surface area contributed by atoms with E-state index < -0.39 is 11.4 Å². The number of primary amides is 1. The third-order valence-electron chi connectivity index (χ3n) is 3.63. The number of aryl methyl sites for hydroxylation is 2. The molecule has 18 heavy (non-hydrogen) atoms. The van der Waals surface area contributed by atoms with Crippen molar-refractivity contribution in [3.8, 4) is 5.75 Å². The van der Waals surface area contributed by atoms with E-state index in [4.69, 9.17) is 16.2 Å². The molecule has 1 aromatic rings. The summed E-state index contributed by atoms with van der Waals surface area (Å²) in [6.45, 7) is 4.10. The van der Waals surface area contributed by atoms with Gasteiger partial charge >= 0.3 is 0 Å². The molecular weight excluding hydrogens is 228 g/mol. The average molecular weight is 248 g/mol. The van der Waals surface area contributed by atoms with Crippen LogP contribution in [0.2, 0.25) is 0 Å². The van der Waals surface area contributed by atoms with E-state index in [-0.39, 0.29) is 12.5 Å². The van der Waals surface area contributed by atoms with Crippen molar-refractivity contribution in [1.82, 2.24) is 0 Å². The predicted octanol–water partition coefficient (Wildman–Crippen LogP) is 1.28. The van der Waals surface area contributed by atoms with Gasteiger partial charge in [-0.05, 0) is 43.7 Å². The van der Waals surface area contributed by atoms with E-state index in [2.05, 4.69) is 0 Å². The Hall–Kier alpha value is -1.55. The Morgan fingerprint density at radius 2 is 1.94 bits per heavy atom. The normalized spacial score (nSPS) is 18.2. The quantitative estimate of drug-likeness (QED) is 0.823. The fourth-order valence-corrected chi connectivity index (χ4v) is 2.21. The lowest BCUT2D eigenvalue weighted by atomic mass is 9.95. The lowest BCUT2D eigenvalue weighted by Gasteiger charge is -2.26. The van der Waals surface area contributed by atoms with Crippen molar-refractivity contribution < 1.29 is 9.53 Å². The molecule has 4 N–H and O–H groups in total. The van der Waals surface area contributed by atoms with Crippen LogP contribution in [-0.4, -0.2) is 18.1 Å². The second kappa shape index (κ2) is 4.61. The zero-order valence-electron chi connectivity index (χ0n) is 10.9. The second-order valence-electron chi connectivity index (χ2n) is 5.19. The Kier molecular flexibility index (Phi) is 3.30. The van der Waals surface area contributed by atoms with Crippen LogP contribution >= 0.6 is 0 Å². The highest BCUT2D eigenvalue weighted by Gasteiger charge is 2.47. The summed E-state index contributed by atoms with van der Waals surface area (Å²) in [7, 11) is 0. The number of carbonyl (C=O) groups is 1. The first-order valence-corrected chi connectivity index (χ1v) is 6.23. The molecule has 0 aliphatic heterocycles. The number of hydrogen-bond acceptors (Lipinski definition) is 3. The Balaban J connectivity index is 2.13. The van der Waals surface area contributed by atoms with Gasteiger partial charge in [0, 0.05) is 0 Å². The van der Waals surface area contributed by atoms with Gasteiger partial charge in [0.2, 0.25) is 5.91 Å². The maximum absolute atomic E-state index is 11.5. The number of amides is 1. The molecule has 2 rings (SSSR count). The Labute approximate surface area is 107 Å². The highest BCUT2D eigenvalue weighted by Crippen LogP contribution is 2.38. The fraction of sp³-hybridized carbons (Fsp3) is 0.500. The number of nitrogens with two attached hydrogens (primary N) is 2. The first-order chi connectivity index (χ1) is 8.45. The van der Waals surface area contributed by atoms with Crippen LogP contribution < -0.4 is 16.2 Å². The molecular formula is C14H20N2O2. The van der Waals surface area contributed by atoms with E-state index >= 15 is 0 Å². The van der Waals surface area contributed by atoms with Crippen LogP contribution in [0.25, 0.3) is 0 Å². The summed E-state index contributed by atoms with van der Waals surface area (Å²) in [5, 5.41) is 0. The lowest BCUT2D eigenvalue weighted by molar-refractivity contribution is -0.125. The van der Waals surface area contributed by atoms with E-state index in [1.165, 1.54) is 0 Å². The maximum Gasteiger partial charge on any atom is 0.241 e. The van der Waals surface area contributed by atoms with Crippen LogP contribution in [0.4, 0.5) is 0 Å². The minimum atomic E-state index is -1.03. The summed E-state index contributed by atoms with van der Waals surface area (Å²) in [5.74, 6) is 0.491. The molecule has 4 nitrogen and oxygen atoms in total. The SMILES string of the molecule is Cc1cccc(C)c1OCC(N)(C(N)=O)C1CC1. The van der Waals surface area contributed by atoms with E-state index in [1.54, 1.807) is 0 Å². The Bertz CT molecular complexity index is 449. The van der Waals surface area contributed by atoms with E-state index in [0.717, 1.165) is 29.7 Å². The molecule has 0 bridgehead atoms. The molecule has 98 valence electrons. The van der Waals surface area contributed by atoms with Crippen LogP contribution in [0.5, 0.6) is 5.75 Å². The van der Waals surface area contributed by atoms with Crippen molar-refractivity contribution >= 4 is 5.91 Å². The Morgan fingerprint density at radius 3 is 2.39 bits per heavy atom. The van der Waals surface area contributed by atoms with Crippen molar-refractivity contribution in [3.05, 3.63) is 29.3 Å². The second-order valence-corrected chi connectivity index (χ2v) is 5.19. The van der Waals surface area contributed by atoms with Gasteiger partial charge < -0.3 is 16.2 Å². The van der Waals surface area contributed by atoms with Crippen LogP contribution in [-0.2, 0) is 4.79 Å². The van der Waals surface area contributed by atoms with Crippen LogP contribution in [0.3, 0.4) is 0 Å². The van der Waals surface area contributed by atoms with Crippen molar-refractivity contribution in [3.63, 3.8) is 0 Å². The summed E-state index contributed by atoms with van der Waals surface area (Å²) < 4.78 is 5.77. The van der Waals surface area contributed by atoms with Crippen LogP contribution in [0.1, 0.15) is 24.0 Å². The Morgan fingerprint density at radius 1 is 1.39 bits per heavy atom. The standard InChI is InChI=1S/C14H20N2O2/c1-9-4-3-5-10(2)12(9)18-8-14(16,13(15)17)11-6-7-11/h3-5,11H,6-8,16H2,1-2H3,(H2,15,17). The zero-order valence-corrected chi connectivity index (χ0v) is 10.9. The molecule has 1 amide bonds. The third kappa shape index (κ3) is 2.34. The molecule has 0 saturated heterocycles. The molecule has 1 atom stereocenters. The highest BCUT2D eigenvalue weighted by atomic mass is 16.5. The first kappa shape index (κ1) is 12.9. The molecule has 0 radical (unpaired) electrons. The molecule has 1 aromatic carbocycles. The molecule has 0 spiro atoms. The van der Waals surface area contributed by atoms with Gasteiger partial charge in [0.05, 0.1) is 0 Å². The summed E-state index contributed by atoms with van der Waals surface area (Å²) in [6.07, 6.45) is 1.91.